The summed E-state index contributed by atoms with van der Waals surface area (Å²) < 4.78 is 0. The largest absolute Gasteiger partial charge is 0.0847 e. The number of rotatable bonds is 0. The molecule has 0 saturated carbocycles. The summed E-state index contributed by atoms with van der Waals surface area (Å²) in [4.78, 5) is 1.42. The van der Waals surface area contributed by atoms with Crippen molar-refractivity contribution >= 4 is 21.6 Å². The minimum Gasteiger partial charge on any atom is -0.0847 e. The molecule has 0 unspecified atom stereocenters. The fourth-order valence-corrected chi connectivity index (χ4v) is 2.95. The van der Waals surface area contributed by atoms with Gasteiger partial charge in [-0.1, -0.05) is 39.8 Å². The number of hydrogen-bond donors (Lipinski definition) is 0. The van der Waals surface area contributed by atoms with Gasteiger partial charge in [-0.25, -0.2) is 0 Å². The van der Waals surface area contributed by atoms with Crippen LogP contribution >= 0.6 is 21.6 Å². The number of allylic oxidation sites excluding steroid dienone is 4. The molecular formula is C7H6S2. The first kappa shape index (κ1) is 5.69. The molecule has 1 aliphatic carbocycles. The maximum absolute atomic E-state index is 2.27. The molecule has 0 N–H and O–H groups in total. The molecule has 46 valence electrons. The zero-order chi connectivity index (χ0) is 6.10. The van der Waals surface area contributed by atoms with Crippen molar-refractivity contribution in [3.8, 4) is 0 Å². The molecule has 0 nitrogen and oxygen atoms in total. The van der Waals surface area contributed by atoms with Gasteiger partial charge in [-0.15, -0.1) is 0 Å². The monoisotopic (exact) mass is 154 g/mol. The lowest BCUT2D eigenvalue weighted by atomic mass is 10.3. The third-order valence-electron chi connectivity index (χ3n) is 1.33. The highest BCUT2D eigenvalue weighted by molar-refractivity contribution is 8.78. The Morgan fingerprint density at radius 1 is 1.44 bits per heavy atom. The summed E-state index contributed by atoms with van der Waals surface area (Å²) in [5.74, 6) is 1.15. The zero-order valence-corrected chi connectivity index (χ0v) is 6.47. The van der Waals surface area contributed by atoms with Gasteiger partial charge in [0.2, 0.25) is 0 Å². The highest BCUT2D eigenvalue weighted by atomic mass is 33.1. The second-order valence-corrected chi connectivity index (χ2v) is 4.30. The fraction of sp³-hybridized carbons (Fsp3) is 0.143. The molecule has 0 spiro atoms. The van der Waals surface area contributed by atoms with Gasteiger partial charge in [0.25, 0.3) is 0 Å². The van der Waals surface area contributed by atoms with Crippen molar-refractivity contribution in [2.75, 3.05) is 5.75 Å². The van der Waals surface area contributed by atoms with E-state index in [4.69, 9.17) is 0 Å². The number of hydrogen-bond acceptors (Lipinski definition) is 2. The predicted molar refractivity (Wildman–Crippen MR) is 45.4 cm³/mol. The van der Waals surface area contributed by atoms with Crippen LogP contribution in [0.25, 0.3) is 0 Å². The van der Waals surface area contributed by atoms with E-state index in [1.165, 1.54) is 10.5 Å². The molecule has 2 heteroatoms. The van der Waals surface area contributed by atoms with E-state index in [9.17, 15) is 0 Å². The first-order valence-electron chi connectivity index (χ1n) is 2.85. The van der Waals surface area contributed by atoms with Gasteiger partial charge in [0, 0.05) is 10.7 Å². The van der Waals surface area contributed by atoms with Gasteiger partial charge in [-0.3, -0.25) is 0 Å². The Morgan fingerprint density at radius 2 is 2.44 bits per heavy atom. The minimum absolute atomic E-state index is 1.15. The smallest absolute Gasteiger partial charge is 0.0252 e. The van der Waals surface area contributed by atoms with Crippen LogP contribution in [0, 0.1) is 0 Å². The highest BCUT2D eigenvalue weighted by Gasteiger charge is 2.10. The summed E-state index contributed by atoms with van der Waals surface area (Å²) in [6, 6.07) is 0. The summed E-state index contributed by atoms with van der Waals surface area (Å²) in [6.45, 7) is 0. The van der Waals surface area contributed by atoms with Crippen LogP contribution in [0.3, 0.4) is 0 Å². The van der Waals surface area contributed by atoms with Crippen molar-refractivity contribution in [2.24, 2.45) is 0 Å². The molecule has 2 rings (SSSR count). The lowest BCUT2D eigenvalue weighted by Gasteiger charge is -2.07. The van der Waals surface area contributed by atoms with Crippen LogP contribution in [0.1, 0.15) is 0 Å². The van der Waals surface area contributed by atoms with E-state index in [-0.39, 0.29) is 0 Å². The quantitative estimate of drug-likeness (QED) is 0.492. The predicted octanol–water partition coefficient (Wildman–Crippen LogP) is 2.76. The number of fused-ring (bicyclic) bond motifs is 1. The maximum atomic E-state index is 2.27. The molecule has 0 bridgehead atoms. The fourth-order valence-electron chi connectivity index (χ4n) is 0.883. The van der Waals surface area contributed by atoms with Crippen LogP contribution in [0.2, 0.25) is 0 Å². The van der Waals surface area contributed by atoms with Crippen LogP contribution in [-0.4, -0.2) is 5.75 Å². The van der Waals surface area contributed by atoms with E-state index in [0.717, 1.165) is 5.75 Å². The Balaban J connectivity index is 2.38. The average Bonchev–Trinajstić information content (AvgIpc) is 2.33. The molecular weight excluding hydrogens is 148 g/mol. The zero-order valence-electron chi connectivity index (χ0n) is 4.83. The third kappa shape index (κ3) is 0.970. The molecule has 0 amide bonds. The normalized spacial score (nSPS) is 23.1. The molecule has 1 heterocycles. The molecule has 1 aliphatic heterocycles. The van der Waals surface area contributed by atoms with Crippen molar-refractivity contribution in [2.45, 2.75) is 0 Å². The van der Waals surface area contributed by atoms with Gasteiger partial charge in [0.05, 0.1) is 0 Å². The van der Waals surface area contributed by atoms with Gasteiger partial charge in [0.15, 0.2) is 0 Å². The summed E-state index contributed by atoms with van der Waals surface area (Å²) >= 11 is 0. The molecule has 0 aromatic carbocycles. The van der Waals surface area contributed by atoms with E-state index in [1.807, 2.05) is 21.6 Å². The van der Waals surface area contributed by atoms with E-state index in [0.29, 0.717) is 0 Å². The molecule has 0 aromatic heterocycles. The van der Waals surface area contributed by atoms with Gasteiger partial charge in [-0.05, 0) is 11.6 Å². The summed E-state index contributed by atoms with van der Waals surface area (Å²) in [5.41, 5.74) is 1.42. The second kappa shape index (κ2) is 2.27. The van der Waals surface area contributed by atoms with Crippen molar-refractivity contribution in [3.05, 3.63) is 34.8 Å². The maximum Gasteiger partial charge on any atom is 0.0252 e. The molecule has 0 saturated heterocycles. The SMILES string of the molecule is C1=CC2=CCSSC2=C1. The summed E-state index contributed by atoms with van der Waals surface area (Å²) in [5, 5.41) is 0. The Kier molecular flexibility index (Phi) is 1.44. The van der Waals surface area contributed by atoms with Crippen molar-refractivity contribution < 1.29 is 0 Å². The highest BCUT2D eigenvalue weighted by Crippen LogP contribution is 2.41. The summed E-state index contributed by atoms with van der Waals surface area (Å²) in [7, 11) is 3.78. The minimum atomic E-state index is 1.15. The Labute approximate surface area is 62.5 Å². The van der Waals surface area contributed by atoms with Gasteiger partial charge >= 0.3 is 0 Å². The first-order valence-corrected chi connectivity index (χ1v) is 5.17. The molecule has 0 radical (unpaired) electrons. The van der Waals surface area contributed by atoms with Crippen LogP contribution in [-0.2, 0) is 0 Å². The Hall–Kier alpha value is -0.0800. The van der Waals surface area contributed by atoms with E-state index in [2.05, 4.69) is 24.3 Å². The summed E-state index contributed by atoms with van der Waals surface area (Å²) in [6.07, 6.45) is 8.72. The van der Waals surface area contributed by atoms with Crippen LogP contribution in [0.5, 0.6) is 0 Å². The topological polar surface area (TPSA) is 0 Å². The van der Waals surface area contributed by atoms with Gasteiger partial charge in [0.1, 0.15) is 0 Å². The van der Waals surface area contributed by atoms with Crippen LogP contribution < -0.4 is 0 Å². The Morgan fingerprint density at radius 3 is 3.33 bits per heavy atom. The lowest BCUT2D eigenvalue weighted by molar-refractivity contribution is 1.63. The van der Waals surface area contributed by atoms with Crippen LogP contribution in [0.4, 0.5) is 0 Å². The standard InChI is InChI=1S/C7H6S2/c1-2-6-4-5-8-9-7(6)3-1/h1-4H,5H2. The van der Waals surface area contributed by atoms with Crippen LogP contribution in [0.15, 0.2) is 34.8 Å². The van der Waals surface area contributed by atoms with E-state index >= 15 is 0 Å². The third-order valence-corrected chi connectivity index (χ3v) is 3.60. The average molecular weight is 154 g/mol. The van der Waals surface area contributed by atoms with Crippen molar-refractivity contribution in [3.63, 3.8) is 0 Å². The molecule has 0 fully saturated rings. The van der Waals surface area contributed by atoms with Crippen molar-refractivity contribution in [1.29, 1.82) is 0 Å². The first-order chi connectivity index (χ1) is 4.47. The molecule has 2 aliphatic rings. The van der Waals surface area contributed by atoms with Crippen molar-refractivity contribution in [1.82, 2.24) is 0 Å². The van der Waals surface area contributed by atoms with E-state index < -0.39 is 0 Å². The van der Waals surface area contributed by atoms with Gasteiger partial charge < -0.3 is 0 Å². The Bertz CT molecular complexity index is 211. The second-order valence-electron chi connectivity index (χ2n) is 1.92. The molecule has 9 heavy (non-hydrogen) atoms. The molecule has 0 aromatic rings. The van der Waals surface area contributed by atoms with Gasteiger partial charge in [-0.2, -0.15) is 0 Å². The van der Waals surface area contributed by atoms with E-state index in [1.54, 1.807) is 0 Å². The lowest BCUT2D eigenvalue weighted by Crippen LogP contribution is -1.83. The molecule has 0 atom stereocenters.